The van der Waals surface area contributed by atoms with Gasteiger partial charge in [0.15, 0.2) is 0 Å². The average molecular weight is 977 g/mol. The zero-order chi connectivity index (χ0) is 36.7. The summed E-state index contributed by atoms with van der Waals surface area (Å²) < 4.78 is 3.25. The van der Waals surface area contributed by atoms with Gasteiger partial charge in [-0.15, -0.1) is 0 Å². The Kier molecular flexibility index (Phi) is 19.4. The molecule has 0 atom stereocenters. The van der Waals surface area contributed by atoms with Gasteiger partial charge in [-0.25, -0.2) is 0 Å². The van der Waals surface area contributed by atoms with Crippen LogP contribution in [0.1, 0.15) is 12.8 Å². The quantitative estimate of drug-likeness (QED) is 0.0454. The fourth-order valence-electron chi connectivity index (χ4n) is 6.60. The van der Waals surface area contributed by atoms with Gasteiger partial charge in [-0.1, -0.05) is 0 Å². The van der Waals surface area contributed by atoms with Crippen LogP contribution in [-0.2, 0) is 0 Å². The van der Waals surface area contributed by atoms with Gasteiger partial charge < -0.3 is 0 Å². The minimum atomic E-state index is -1.72. The number of hydrogen-bond acceptors (Lipinski definition) is 0. The third-order valence-electron chi connectivity index (χ3n) is 8.71. The normalized spacial score (nSPS) is 10.7. The first-order chi connectivity index (χ1) is 25.7. The van der Waals surface area contributed by atoms with E-state index in [1.165, 1.54) is 67.6 Å². The molecule has 0 saturated carbocycles. The first-order valence-corrected chi connectivity index (χ1v) is 29.5. The predicted octanol–water partition coefficient (Wildman–Crippen LogP) is 7.17. The van der Waals surface area contributed by atoms with Crippen LogP contribution in [0.25, 0.3) is 10.8 Å². The van der Waals surface area contributed by atoms with Crippen molar-refractivity contribution in [1.29, 1.82) is 0 Å². The maximum atomic E-state index is 7.26. The third kappa shape index (κ3) is 11.5. The van der Waals surface area contributed by atoms with Gasteiger partial charge in [0.25, 0.3) is 0 Å². The molecule has 0 aromatic heterocycles. The van der Waals surface area contributed by atoms with Crippen molar-refractivity contribution < 1.29 is 0 Å². The van der Waals surface area contributed by atoms with Crippen LogP contribution in [0.3, 0.4) is 0 Å². The Morgan fingerprint density at radius 2 is 0.538 bits per heavy atom. The van der Waals surface area contributed by atoms with Crippen molar-refractivity contribution >= 4 is 113 Å². The molecule has 0 bridgehead atoms. The molecule has 0 N–H and O–H groups in total. The zero-order valence-corrected chi connectivity index (χ0v) is 37.6. The summed E-state index contributed by atoms with van der Waals surface area (Å²) in [5.74, 6) is 0. The molecule has 2 nitrogen and oxygen atoms in total. The van der Waals surface area contributed by atoms with Gasteiger partial charge in [0.2, 0.25) is 0 Å². The summed E-state index contributed by atoms with van der Waals surface area (Å²) in [5, 5.41) is 26.3. The molecular formula is C44H42N2P2Se4. The van der Waals surface area contributed by atoms with Crippen molar-refractivity contribution in [2.75, 3.05) is 12.3 Å². The molecule has 0 amide bonds. The second kappa shape index (κ2) is 24.0. The van der Waals surface area contributed by atoms with E-state index in [-0.39, 0.29) is 0 Å². The summed E-state index contributed by atoms with van der Waals surface area (Å²) in [6, 6.07) is 68.2. The predicted molar refractivity (Wildman–Crippen MR) is 239 cm³/mol. The van der Waals surface area contributed by atoms with E-state index in [9.17, 15) is 0 Å². The summed E-state index contributed by atoms with van der Waals surface area (Å²) in [4.78, 5) is 0. The molecule has 0 aliphatic carbocycles. The molecule has 0 saturated heterocycles. The van der Waals surface area contributed by atoms with E-state index in [2.05, 4.69) is 213 Å². The minimum absolute atomic E-state index is 0.722. The Balaban J connectivity index is 0.000000944. The summed E-state index contributed by atoms with van der Waals surface area (Å²) in [5.41, 5.74) is 0. The van der Waals surface area contributed by atoms with Crippen LogP contribution < -0.4 is 31.8 Å². The Morgan fingerprint density at radius 3 is 0.712 bits per heavy atom. The van der Waals surface area contributed by atoms with Crippen LogP contribution in [0, 0.1) is 0 Å². The number of hydrogen-bond donors (Lipinski definition) is 0. The molecule has 262 valence electrons. The number of rotatable bonds is 15. The van der Waals surface area contributed by atoms with Crippen molar-refractivity contribution in [2.24, 2.45) is 0 Å². The summed E-state index contributed by atoms with van der Waals surface area (Å²) in [6.45, 7) is 0. The van der Waals surface area contributed by atoms with E-state index in [0.29, 0.717) is 0 Å². The van der Waals surface area contributed by atoms with Crippen LogP contribution in [0.15, 0.2) is 182 Å². The molecule has 0 aliphatic rings. The van der Waals surface area contributed by atoms with Gasteiger partial charge >= 0.3 is 342 Å². The second-order valence-corrected chi connectivity index (χ2v) is 27.5. The summed E-state index contributed by atoms with van der Waals surface area (Å²) in [6.07, 6.45) is 5.08. The molecular weight excluding hydrogens is 934 g/mol. The molecule has 0 radical (unpaired) electrons. The van der Waals surface area contributed by atoms with Crippen LogP contribution in [0.2, 0.25) is 10.6 Å². The molecule has 52 heavy (non-hydrogen) atoms. The van der Waals surface area contributed by atoms with Crippen molar-refractivity contribution in [3.63, 3.8) is 0 Å². The van der Waals surface area contributed by atoms with Crippen molar-refractivity contribution in [3.05, 3.63) is 193 Å². The SMILES string of the molecule is [N-]=C=[Se].[N-]=C=[Se].c1ccc([P+](CCC[Se][Se]CCC[P+](c2ccccc2)(c2ccccc2)c2ccccc2)(c2ccccc2)c2ccccc2)cc1. The Bertz CT molecular complexity index is 1580. The Hall–Kier alpha value is -2.58. The molecule has 0 fully saturated rings. The van der Waals surface area contributed by atoms with Crippen LogP contribution in [0.4, 0.5) is 0 Å². The van der Waals surface area contributed by atoms with Crippen LogP contribution in [0.5, 0.6) is 0 Å². The Labute approximate surface area is 339 Å². The maximum absolute atomic E-state index is 7.26. The standard InChI is InChI=1S/C42H42P2Se2.2CNSe/c1-7-21-37(22-8-1)43(38-23-9-2-10-24-38,39-25-11-3-12-26-39)33-19-35-45-46-36-20-34-44(40-27-13-4-14-28-40,41-29-15-5-16-30-41)42-31-17-6-18-32-42;2*2-1-3/h1-18,21-32H,19-20,33-36H2;;/q+2;2*-1. The third-order valence-corrected chi connectivity index (χ3v) is 25.5. The average Bonchev–Trinajstić information content (AvgIpc) is 3.22. The number of benzene rings is 6. The fraction of sp³-hybridized carbons (Fsp3) is 0.136. The zero-order valence-electron chi connectivity index (χ0n) is 29.0. The first-order valence-electron chi connectivity index (χ1n) is 17.0. The molecule has 6 rings (SSSR count). The van der Waals surface area contributed by atoms with E-state index in [1.54, 1.807) is 9.43 Å². The van der Waals surface area contributed by atoms with Crippen molar-refractivity contribution in [1.82, 2.24) is 0 Å². The van der Waals surface area contributed by atoms with Crippen LogP contribution in [-0.4, -0.2) is 79.2 Å². The van der Waals surface area contributed by atoms with Crippen molar-refractivity contribution in [3.8, 4) is 0 Å². The number of nitrogens with zero attached hydrogens (tertiary/aromatic N) is 2. The van der Waals surface area contributed by atoms with Gasteiger partial charge in [0, 0.05) is 0 Å². The Morgan fingerprint density at radius 1 is 0.365 bits per heavy atom. The van der Waals surface area contributed by atoms with Crippen LogP contribution >= 0.6 is 14.5 Å². The van der Waals surface area contributed by atoms with Gasteiger partial charge in [0.1, 0.15) is 0 Å². The molecule has 0 spiro atoms. The van der Waals surface area contributed by atoms with Gasteiger partial charge in [-0.3, -0.25) is 0 Å². The van der Waals surface area contributed by atoms with E-state index >= 15 is 0 Å². The monoisotopic (exact) mass is 980 g/mol. The topological polar surface area (TPSA) is 44.6 Å². The van der Waals surface area contributed by atoms with E-state index in [0.717, 1.165) is 26.3 Å². The molecule has 8 heteroatoms. The first kappa shape index (κ1) is 42.2. The van der Waals surface area contributed by atoms with Gasteiger partial charge in [0.05, 0.1) is 0 Å². The van der Waals surface area contributed by atoms with E-state index in [4.69, 9.17) is 10.8 Å². The van der Waals surface area contributed by atoms with Gasteiger partial charge in [-0.2, -0.15) is 0 Å². The van der Waals surface area contributed by atoms with E-state index in [1.807, 2.05) is 0 Å². The summed E-state index contributed by atoms with van der Waals surface area (Å²) >= 11 is 5.67. The molecule has 0 aliphatic heterocycles. The van der Waals surface area contributed by atoms with Gasteiger partial charge in [-0.05, 0) is 0 Å². The van der Waals surface area contributed by atoms with E-state index < -0.39 is 14.5 Å². The fourth-order valence-corrected chi connectivity index (χ4v) is 23.0. The second-order valence-electron chi connectivity index (χ2n) is 11.6. The molecule has 0 heterocycles. The van der Waals surface area contributed by atoms with Crippen molar-refractivity contribution in [2.45, 2.75) is 23.5 Å². The molecule has 6 aromatic carbocycles. The summed E-state index contributed by atoms with van der Waals surface area (Å²) in [7, 11) is -3.44. The molecule has 6 aromatic rings. The molecule has 0 unspecified atom stereocenters.